The molecule has 0 bridgehead atoms. The molecule has 3 aromatic rings. The van der Waals surface area contributed by atoms with Crippen LogP contribution in [0.1, 0.15) is 17.3 Å². The van der Waals surface area contributed by atoms with Gasteiger partial charge in [0.1, 0.15) is 11.9 Å². The fraction of sp³-hybridized carbons (Fsp3) is 0.263. The maximum atomic E-state index is 13.3. The summed E-state index contributed by atoms with van der Waals surface area (Å²) in [6.07, 6.45) is -0.303. The van der Waals surface area contributed by atoms with Gasteiger partial charge in [0.05, 0.1) is 39.5 Å². The van der Waals surface area contributed by atoms with E-state index in [0.717, 1.165) is 15.3 Å². The number of thiazole rings is 1. The van der Waals surface area contributed by atoms with Gasteiger partial charge in [0.25, 0.3) is 0 Å². The number of anilines is 1. The van der Waals surface area contributed by atoms with E-state index in [-0.39, 0.29) is 28.1 Å². The molecule has 0 unspecified atom stereocenters. The van der Waals surface area contributed by atoms with E-state index in [0.29, 0.717) is 13.1 Å². The molecule has 1 fully saturated rings. The maximum Gasteiger partial charge on any atom is 0.338 e. The minimum atomic E-state index is -3.38. The third kappa shape index (κ3) is 3.59. The molecule has 0 aliphatic carbocycles. The van der Waals surface area contributed by atoms with E-state index in [2.05, 4.69) is 4.98 Å². The number of hydrogen-bond acceptors (Lipinski definition) is 7. The third-order valence-electron chi connectivity index (χ3n) is 4.54. The molecule has 0 saturated carbocycles. The van der Waals surface area contributed by atoms with E-state index in [1.54, 1.807) is 13.0 Å². The second-order valence-corrected chi connectivity index (χ2v) is 9.76. The van der Waals surface area contributed by atoms with E-state index in [4.69, 9.17) is 4.74 Å². The minimum absolute atomic E-state index is 0.0326. The fourth-order valence-electron chi connectivity index (χ4n) is 2.89. The van der Waals surface area contributed by atoms with Crippen molar-refractivity contribution in [3.05, 3.63) is 53.8 Å². The number of sulfone groups is 1. The summed E-state index contributed by atoms with van der Waals surface area (Å²) >= 11 is 1.39. The minimum Gasteiger partial charge on any atom is -0.455 e. The van der Waals surface area contributed by atoms with E-state index in [1.165, 1.54) is 47.7 Å². The smallest absolute Gasteiger partial charge is 0.338 e. The van der Waals surface area contributed by atoms with Crippen molar-refractivity contribution in [3.8, 4) is 0 Å². The SMILES string of the molecule is CCS(=O)(=O)c1cccc(C(=O)OC2CN(c3nc4ccc(F)cc4s3)C2)c1. The average Bonchev–Trinajstić information content (AvgIpc) is 3.06. The lowest BCUT2D eigenvalue weighted by Gasteiger charge is -2.38. The molecule has 6 nitrogen and oxygen atoms in total. The quantitative estimate of drug-likeness (QED) is 0.590. The summed E-state index contributed by atoms with van der Waals surface area (Å²) in [5.74, 6) is -0.885. The van der Waals surface area contributed by atoms with Crippen LogP contribution in [-0.2, 0) is 14.6 Å². The monoisotopic (exact) mass is 420 g/mol. The second kappa shape index (κ2) is 7.14. The van der Waals surface area contributed by atoms with Gasteiger partial charge in [-0.25, -0.2) is 22.6 Å². The van der Waals surface area contributed by atoms with Gasteiger partial charge in [0.15, 0.2) is 15.0 Å². The highest BCUT2D eigenvalue weighted by Crippen LogP contribution is 2.32. The summed E-state index contributed by atoms with van der Waals surface area (Å²) in [5, 5.41) is 0.754. The summed E-state index contributed by atoms with van der Waals surface area (Å²) in [4.78, 5) is 18.9. The van der Waals surface area contributed by atoms with Crippen molar-refractivity contribution < 1.29 is 22.3 Å². The summed E-state index contributed by atoms with van der Waals surface area (Å²) < 4.78 is 43.5. The van der Waals surface area contributed by atoms with Crippen LogP contribution in [0.2, 0.25) is 0 Å². The van der Waals surface area contributed by atoms with Gasteiger partial charge in [-0.15, -0.1) is 0 Å². The number of benzene rings is 2. The molecule has 0 N–H and O–H groups in total. The Hall–Kier alpha value is -2.52. The molecule has 0 spiro atoms. The van der Waals surface area contributed by atoms with Crippen molar-refractivity contribution in [2.24, 2.45) is 0 Å². The van der Waals surface area contributed by atoms with Crippen LogP contribution in [0.15, 0.2) is 47.4 Å². The van der Waals surface area contributed by atoms with E-state index >= 15 is 0 Å². The first-order valence-electron chi connectivity index (χ1n) is 8.70. The van der Waals surface area contributed by atoms with Crippen LogP contribution in [0, 0.1) is 5.82 Å². The van der Waals surface area contributed by atoms with Crippen molar-refractivity contribution in [1.29, 1.82) is 0 Å². The lowest BCUT2D eigenvalue weighted by Crippen LogP contribution is -2.53. The largest absolute Gasteiger partial charge is 0.455 e. The molecule has 1 aliphatic heterocycles. The van der Waals surface area contributed by atoms with Crippen LogP contribution in [0.5, 0.6) is 0 Å². The Kier molecular flexibility index (Phi) is 4.80. The Balaban J connectivity index is 1.40. The number of halogens is 1. The molecule has 9 heteroatoms. The van der Waals surface area contributed by atoms with Crippen molar-refractivity contribution in [3.63, 3.8) is 0 Å². The molecule has 4 rings (SSSR count). The van der Waals surface area contributed by atoms with E-state index < -0.39 is 15.8 Å². The highest BCUT2D eigenvalue weighted by atomic mass is 32.2. The van der Waals surface area contributed by atoms with Crippen LogP contribution in [-0.4, -0.2) is 44.3 Å². The zero-order chi connectivity index (χ0) is 19.9. The van der Waals surface area contributed by atoms with Gasteiger partial charge >= 0.3 is 5.97 Å². The van der Waals surface area contributed by atoms with Gasteiger partial charge in [-0.05, 0) is 36.4 Å². The predicted octanol–water partition coefficient (Wildman–Crippen LogP) is 3.27. The number of ether oxygens (including phenoxy) is 1. The standard InChI is InChI=1S/C19H17FN2O4S2/c1-2-28(24,25)15-5-3-4-12(8-15)18(23)26-14-10-22(11-14)19-21-16-7-6-13(20)9-17(16)27-19/h3-9,14H,2,10-11H2,1H3. The summed E-state index contributed by atoms with van der Waals surface area (Å²) in [7, 11) is -3.38. The van der Waals surface area contributed by atoms with Crippen LogP contribution in [0.3, 0.4) is 0 Å². The lowest BCUT2D eigenvalue weighted by molar-refractivity contribution is 0.0234. The third-order valence-corrected chi connectivity index (χ3v) is 7.35. The van der Waals surface area contributed by atoms with Crippen molar-refractivity contribution in [2.45, 2.75) is 17.9 Å². The van der Waals surface area contributed by atoms with E-state index in [9.17, 15) is 17.6 Å². The Labute approximate surface area is 165 Å². The number of nitrogens with zero attached hydrogens (tertiary/aromatic N) is 2. The fourth-order valence-corrected chi connectivity index (χ4v) is 4.83. The Morgan fingerprint density at radius 2 is 2.07 bits per heavy atom. The number of carbonyl (C=O) groups is 1. The Morgan fingerprint density at radius 1 is 1.29 bits per heavy atom. The zero-order valence-electron chi connectivity index (χ0n) is 15.0. The zero-order valence-corrected chi connectivity index (χ0v) is 16.6. The summed E-state index contributed by atoms with van der Waals surface area (Å²) in [5.41, 5.74) is 0.944. The van der Waals surface area contributed by atoms with Crippen molar-refractivity contribution >= 4 is 42.5 Å². The molecular formula is C19H17FN2O4S2. The number of rotatable bonds is 5. The first-order valence-corrected chi connectivity index (χ1v) is 11.2. The molecule has 0 atom stereocenters. The maximum absolute atomic E-state index is 13.3. The number of esters is 1. The second-order valence-electron chi connectivity index (χ2n) is 6.47. The van der Waals surface area contributed by atoms with Crippen LogP contribution in [0.4, 0.5) is 9.52 Å². The molecule has 28 heavy (non-hydrogen) atoms. The summed E-state index contributed by atoms with van der Waals surface area (Å²) in [6.45, 7) is 2.53. The van der Waals surface area contributed by atoms with Gasteiger partial charge in [0.2, 0.25) is 0 Å². The topological polar surface area (TPSA) is 76.6 Å². The van der Waals surface area contributed by atoms with E-state index in [1.807, 2.05) is 4.90 Å². The Morgan fingerprint density at radius 3 is 2.82 bits per heavy atom. The first kappa shape index (κ1) is 18.8. The average molecular weight is 420 g/mol. The number of hydrogen-bond donors (Lipinski definition) is 0. The molecule has 146 valence electrons. The Bertz CT molecular complexity index is 1150. The van der Waals surface area contributed by atoms with Crippen LogP contribution >= 0.6 is 11.3 Å². The van der Waals surface area contributed by atoms with Gasteiger partial charge in [0, 0.05) is 0 Å². The molecule has 2 aromatic carbocycles. The predicted molar refractivity (Wildman–Crippen MR) is 105 cm³/mol. The van der Waals surface area contributed by atoms with Crippen LogP contribution in [0.25, 0.3) is 10.2 Å². The number of carbonyl (C=O) groups excluding carboxylic acids is 1. The molecule has 0 amide bonds. The molecule has 0 radical (unpaired) electrons. The van der Waals surface area contributed by atoms with Crippen molar-refractivity contribution in [1.82, 2.24) is 4.98 Å². The van der Waals surface area contributed by atoms with Crippen LogP contribution < -0.4 is 4.90 Å². The van der Waals surface area contributed by atoms with Gasteiger partial charge in [-0.1, -0.05) is 24.3 Å². The summed E-state index contributed by atoms with van der Waals surface area (Å²) in [6, 6.07) is 10.3. The molecular weight excluding hydrogens is 403 g/mol. The van der Waals surface area contributed by atoms with Crippen molar-refractivity contribution in [2.75, 3.05) is 23.7 Å². The van der Waals surface area contributed by atoms with Gasteiger partial charge in [-0.3, -0.25) is 0 Å². The highest BCUT2D eigenvalue weighted by Gasteiger charge is 2.32. The van der Waals surface area contributed by atoms with Gasteiger partial charge in [-0.2, -0.15) is 0 Å². The van der Waals surface area contributed by atoms with Gasteiger partial charge < -0.3 is 9.64 Å². The molecule has 2 heterocycles. The molecule has 1 saturated heterocycles. The molecule has 1 aromatic heterocycles. The normalized spacial score (nSPS) is 14.9. The number of aromatic nitrogens is 1. The first-order chi connectivity index (χ1) is 13.4. The molecule has 1 aliphatic rings. The number of fused-ring (bicyclic) bond motifs is 1. The lowest BCUT2D eigenvalue weighted by atomic mass is 10.2. The highest BCUT2D eigenvalue weighted by molar-refractivity contribution is 7.91.